The van der Waals surface area contributed by atoms with E-state index in [9.17, 15) is 9.59 Å². The molecule has 0 N–H and O–H groups in total. The molecule has 2 heterocycles. The quantitative estimate of drug-likeness (QED) is 0.698. The molecule has 0 atom stereocenters. The van der Waals surface area contributed by atoms with Crippen LogP contribution in [0.4, 0.5) is 0 Å². The molecule has 0 aliphatic carbocycles. The van der Waals surface area contributed by atoms with Crippen molar-refractivity contribution in [2.75, 3.05) is 0 Å². The van der Waals surface area contributed by atoms with Gasteiger partial charge in [-0.1, -0.05) is 30.4 Å². The molecular weight excluding hydrogens is 296 g/mol. The van der Waals surface area contributed by atoms with Gasteiger partial charge in [-0.3, -0.25) is 9.36 Å². The largest absolute Gasteiger partial charge is 0.337 e. The van der Waals surface area contributed by atoms with Crippen LogP contribution in [-0.4, -0.2) is 9.13 Å². The van der Waals surface area contributed by atoms with E-state index in [1.54, 1.807) is 16.7 Å². The highest BCUT2D eigenvalue weighted by Gasteiger charge is 2.16. The third-order valence-corrected chi connectivity index (χ3v) is 4.45. The molecule has 0 unspecified atom stereocenters. The van der Waals surface area contributed by atoms with Crippen molar-refractivity contribution in [1.82, 2.24) is 9.13 Å². The van der Waals surface area contributed by atoms with Crippen LogP contribution in [0.15, 0.2) is 58.1 Å². The molecule has 22 heavy (non-hydrogen) atoms. The first-order valence-electron chi connectivity index (χ1n) is 6.95. The summed E-state index contributed by atoms with van der Waals surface area (Å²) in [6, 6.07) is 10.9. The van der Waals surface area contributed by atoms with E-state index in [2.05, 4.69) is 6.58 Å². The Bertz CT molecular complexity index is 978. The first-order chi connectivity index (χ1) is 10.5. The van der Waals surface area contributed by atoms with Gasteiger partial charge in [0.15, 0.2) is 0 Å². The van der Waals surface area contributed by atoms with Gasteiger partial charge in [0.05, 0.1) is 11.1 Å². The normalized spacial score (nSPS) is 11.0. The van der Waals surface area contributed by atoms with Crippen molar-refractivity contribution in [3.63, 3.8) is 0 Å². The van der Waals surface area contributed by atoms with Crippen molar-refractivity contribution in [2.45, 2.75) is 20.4 Å². The predicted molar refractivity (Wildman–Crippen MR) is 91.2 cm³/mol. The molecule has 0 bridgehead atoms. The highest BCUT2D eigenvalue weighted by molar-refractivity contribution is 7.18. The lowest BCUT2D eigenvalue weighted by molar-refractivity contribution is 0.712. The summed E-state index contributed by atoms with van der Waals surface area (Å²) in [7, 11) is 0. The molecular formula is C17H16N2O2S. The Morgan fingerprint density at radius 2 is 1.91 bits per heavy atom. The van der Waals surface area contributed by atoms with Crippen molar-refractivity contribution in [3.8, 4) is 5.69 Å². The number of thiophene rings is 1. The first-order valence-corrected chi connectivity index (χ1v) is 7.76. The smallest absolute Gasteiger partial charge is 0.280 e. The predicted octanol–water partition coefficient (Wildman–Crippen LogP) is 3.10. The monoisotopic (exact) mass is 312 g/mol. The highest BCUT2D eigenvalue weighted by Crippen LogP contribution is 2.22. The fourth-order valence-electron chi connectivity index (χ4n) is 2.48. The highest BCUT2D eigenvalue weighted by atomic mass is 32.1. The zero-order valence-electron chi connectivity index (χ0n) is 12.5. The molecule has 0 saturated heterocycles. The van der Waals surface area contributed by atoms with E-state index in [0.29, 0.717) is 22.4 Å². The molecule has 4 nitrogen and oxygen atoms in total. The summed E-state index contributed by atoms with van der Waals surface area (Å²) in [5.74, 6) is 0. The van der Waals surface area contributed by atoms with Gasteiger partial charge in [-0.2, -0.15) is 0 Å². The maximum Gasteiger partial charge on any atom is 0.337 e. The lowest BCUT2D eigenvalue weighted by Crippen LogP contribution is -2.38. The molecule has 5 heteroatoms. The van der Waals surface area contributed by atoms with Crippen LogP contribution in [0.2, 0.25) is 0 Å². The molecule has 112 valence electrons. The van der Waals surface area contributed by atoms with Gasteiger partial charge in [0.1, 0.15) is 4.83 Å². The molecule has 3 rings (SSSR count). The fraction of sp³-hybridized carbons (Fsp3) is 0.176. The Balaban J connectivity index is 2.46. The summed E-state index contributed by atoms with van der Waals surface area (Å²) in [5.41, 5.74) is 0.855. The molecule has 1 aromatic carbocycles. The molecule has 0 fully saturated rings. The number of nitrogens with zero attached hydrogens (tertiary/aromatic N) is 2. The average molecular weight is 312 g/mol. The third kappa shape index (κ3) is 2.33. The van der Waals surface area contributed by atoms with Gasteiger partial charge in [0, 0.05) is 11.4 Å². The second-order valence-electron chi connectivity index (χ2n) is 5.38. The zero-order chi connectivity index (χ0) is 15.9. The van der Waals surface area contributed by atoms with E-state index in [-0.39, 0.29) is 11.2 Å². The lowest BCUT2D eigenvalue weighted by atomic mass is 10.3. The SMILES string of the molecule is C=C(C)Cn1c(=O)n(-c2ccccc2)c(=O)c2cc(C)sc21. The number of rotatable bonds is 3. The summed E-state index contributed by atoms with van der Waals surface area (Å²) < 4.78 is 2.86. The van der Waals surface area contributed by atoms with Gasteiger partial charge >= 0.3 is 5.69 Å². The first kappa shape index (κ1) is 14.5. The van der Waals surface area contributed by atoms with Crippen LogP contribution < -0.4 is 11.2 Å². The van der Waals surface area contributed by atoms with E-state index < -0.39 is 0 Å². The van der Waals surface area contributed by atoms with Crippen LogP contribution in [0.1, 0.15) is 11.8 Å². The van der Waals surface area contributed by atoms with Crippen LogP contribution in [0.3, 0.4) is 0 Å². The molecule has 0 spiro atoms. The minimum atomic E-state index is -0.325. The molecule has 3 aromatic rings. The Morgan fingerprint density at radius 3 is 2.55 bits per heavy atom. The summed E-state index contributed by atoms with van der Waals surface area (Å²) in [4.78, 5) is 27.3. The average Bonchev–Trinajstić information content (AvgIpc) is 2.87. The van der Waals surface area contributed by atoms with Crippen molar-refractivity contribution >= 4 is 21.6 Å². The van der Waals surface area contributed by atoms with Crippen molar-refractivity contribution < 1.29 is 0 Å². The molecule has 0 aliphatic rings. The van der Waals surface area contributed by atoms with Crippen LogP contribution in [0, 0.1) is 6.92 Å². The van der Waals surface area contributed by atoms with Gasteiger partial charge in [0.2, 0.25) is 0 Å². The van der Waals surface area contributed by atoms with Crippen LogP contribution in [0.5, 0.6) is 0 Å². The van der Waals surface area contributed by atoms with Gasteiger partial charge < -0.3 is 0 Å². The Hall–Kier alpha value is -2.40. The number of benzene rings is 1. The molecule has 0 amide bonds. The summed E-state index contributed by atoms with van der Waals surface area (Å²) in [5, 5.41) is 0.576. The van der Waals surface area contributed by atoms with E-state index in [1.165, 1.54) is 15.9 Å². The fourth-order valence-corrected chi connectivity index (χ4v) is 3.48. The van der Waals surface area contributed by atoms with Gasteiger partial charge in [0.25, 0.3) is 5.56 Å². The summed E-state index contributed by atoms with van der Waals surface area (Å²) >= 11 is 1.46. The van der Waals surface area contributed by atoms with Crippen molar-refractivity contribution in [1.29, 1.82) is 0 Å². The van der Waals surface area contributed by atoms with E-state index in [1.807, 2.05) is 38.1 Å². The van der Waals surface area contributed by atoms with Crippen molar-refractivity contribution in [3.05, 3.63) is 74.3 Å². The molecule has 0 radical (unpaired) electrons. The van der Waals surface area contributed by atoms with E-state index in [4.69, 9.17) is 0 Å². The molecule has 2 aromatic heterocycles. The summed E-state index contributed by atoms with van der Waals surface area (Å²) in [6.07, 6.45) is 0. The Kier molecular flexibility index (Phi) is 3.58. The topological polar surface area (TPSA) is 44.0 Å². The number of hydrogen-bond acceptors (Lipinski definition) is 3. The minimum Gasteiger partial charge on any atom is -0.280 e. The second-order valence-corrected chi connectivity index (χ2v) is 6.61. The summed E-state index contributed by atoms with van der Waals surface area (Å²) in [6.45, 7) is 8.10. The number of aromatic nitrogens is 2. The number of fused-ring (bicyclic) bond motifs is 1. The third-order valence-electron chi connectivity index (χ3n) is 3.38. The number of aryl methyl sites for hydroxylation is 1. The van der Waals surface area contributed by atoms with Gasteiger partial charge in [-0.05, 0) is 32.0 Å². The maximum atomic E-state index is 12.8. The van der Waals surface area contributed by atoms with Crippen LogP contribution in [0.25, 0.3) is 15.9 Å². The molecule has 0 aliphatic heterocycles. The minimum absolute atomic E-state index is 0.270. The standard InChI is InChI=1S/C17H16N2O2S/c1-11(2)10-18-16-14(9-12(3)22-16)15(20)19(17(18)21)13-7-5-4-6-8-13/h4-9H,1,10H2,2-3H3. The van der Waals surface area contributed by atoms with Gasteiger partial charge in [-0.25, -0.2) is 9.36 Å². The Morgan fingerprint density at radius 1 is 1.23 bits per heavy atom. The van der Waals surface area contributed by atoms with Crippen LogP contribution >= 0.6 is 11.3 Å². The number of hydrogen-bond donors (Lipinski definition) is 0. The number of para-hydroxylation sites is 1. The van der Waals surface area contributed by atoms with Crippen molar-refractivity contribution in [2.24, 2.45) is 0 Å². The maximum absolute atomic E-state index is 12.8. The molecule has 0 saturated carbocycles. The van der Waals surface area contributed by atoms with E-state index in [0.717, 1.165) is 10.5 Å². The second kappa shape index (κ2) is 5.42. The number of allylic oxidation sites excluding steroid dienone is 1. The van der Waals surface area contributed by atoms with Gasteiger partial charge in [-0.15, -0.1) is 11.3 Å². The van der Waals surface area contributed by atoms with Crippen LogP contribution in [-0.2, 0) is 6.54 Å². The lowest BCUT2D eigenvalue weighted by Gasteiger charge is -2.11. The van der Waals surface area contributed by atoms with E-state index >= 15 is 0 Å². The Labute approximate surface area is 131 Å². The zero-order valence-corrected chi connectivity index (χ0v) is 13.3.